The van der Waals surface area contributed by atoms with Gasteiger partial charge in [-0.3, -0.25) is 5.43 Å². The van der Waals surface area contributed by atoms with E-state index < -0.39 is 6.61 Å². The van der Waals surface area contributed by atoms with Gasteiger partial charge >= 0.3 is 6.61 Å². The highest BCUT2D eigenvalue weighted by molar-refractivity contribution is 5.81. The van der Waals surface area contributed by atoms with Crippen LogP contribution in [0.4, 0.5) is 14.5 Å². The van der Waals surface area contributed by atoms with E-state index in [2.05, 4.69) is 15.3 Å². The molecule has 1 N–H and O–H groups in total. The molecule has 2 aromatic rings. The van der Waals surface area contributed by atoms with Crippen molar-refractivity contribution in [3.63, 3.8) is 0 Å². The lowest BCUT2D eigenvalue weighted by atomic mass is 10.2. The molecule has 0 aromatic heterocycles. The molecule has 0 bridgehead atoms. The van der Waals surface area contributed by atoms with Gasteiger partial charge in [0.25, 0.3) is 0 Å². The topological polar surface area (TPSA) is 42.8 Å². The first kappa shape index (κ1) is 15.8. The zero-order valence-electron chi connectivity index (χ0n) is 12.2. The van der Waals surface area contributed by atoms with Crippen molar-refractivity contribution >= 4 is 11.9 Å². The van der Waals surface area contributed by atoms with Crippen molar-refractivity contribution in [3.8, 4) is 11.5 Å². The normalized spacial score (nSPS) is 11.0. The Morgan fingerprint density at radius 1 is 1.09 bits per heavy atom. The first-order valence-corrected chi connectivity index (χ1v) is 6.57. The molecule has 0 aliphatic rings. The van der Waals surface area contributed by atoms with Crippen LogP contribution < -0.4 is 14.9 Å². The number of hydrogen-bond donors (Lipinski definition) is 1. The molecule has 0 radical (unpaired) electrons. The Hall–Kier alpha value is -2.63. The number of ether oxygens (including phenoxy) is 2. The van der Waals surface area contributed by atoms with Gasteiger partial charge in [0.05, 0.1) is 19.0 Å². The van der Waals surface area contributed by atoms with Crippen LogP contribution in [0.1, 0.15) is 11.1 Å². The van der Waals surface area contributed by atoms with E-state index in [0.29, 0.717) is 5.56 Å². The molecule has 2 aromatic carbocycles. The van der Waals surface area contributed by atoms with Crippen molar-refractivity contribution in [1.29, 1.82) is 0 Å². The smallest absolute Gasteiger partial charge is 0.387 e. The van der Waals surface area contributed by atoms with Gasteiger partial charge in [0.2, 0.25) is 0 Å². The monoisotopic (exact) mass is 306 g/mol. The van der Waals surface area contributed by atoms with E-state index in [9.17, 15) is 8.78 Å². The van der Waals surface area contributed by atoms with Crippen molar-refractivity contribution in [2.45, 2.75) is 13.5 Å². The Bertz CT molecular complexity index is 643. The van der Waals surface area contributed by atoms with E-state index in [1.807, 2.05) is 31.2 Å². The Morgan fingerprint density at radius 3 is 2.45 bits per heavy atom. The van der Waals surface area contributed by atoms with Crippen LogP contribution in [0, 0.1) is 6.92 Å². The van der Waals surface area contributed by atoms with Crippen molar-refractivity contribution in [1.82, 2.24) is 0 Å². The number of anilines is 1. The number of nitrogens with zero attached hydrogens (tertiary/aromatic N) is 1. The molecule has 4 nitrogen and oxygen atoms in total. The number of halogens is 2. The Morgan fingerprint density at radius 2 is 1.82 bits per heavy atom. The van der Waals surface area contributed by atoms with Gasteiger partial charge in [-0.2, -0.15) is 13.9 Å². The first-order chi connectivity index (χ1) is 10.6. The van der Waals surface area contributed by atoms with Gasteiger partial charge < -0.3 is 9.47 Å². The molecular weight excluding hydrogens is 290 g/mol. The SMILES string of the molecule is COc1ccc(/C=N\Nc2ccc(C)cc2)cc1OC(F)F. The third-order valence-corrected chi connectivity index (χ3v) is 2.86. The summed E-state index contributed by atoms with van der Waals surface area (Å²) in [6, 6.07) is 12.4. The molecule has 0 aliphatic heterocycles. The average molecular weight is 306 g/mol. The number of methoxy groups -OCH3 is 1. The molecule has 0 saturated carbocycles. The van der Waals surface area contributed by atoms with Gasteiger partial charge in [-0.1, -0.05) is 17.7 Å². The number of hydrazone groups is 1. The van der Waals surface area contributed by atoms with Crippen LogP contribution in [0.2, 0.25) is 0 Å². The van der Waals surface area contributed by atoms with E-state index in [0.717, 1.165) is 11.3 Å². The molecule has 0 heterocycles. The largest absolute Gasteiger partial charge is 0.493 e. The number of hydrogen-bond acceptors (Lipinski definition) is 4. The number of alkyl halides is 2. The third kappa shape index (κ3) is 4.44. The predicted octanol–water partition coefficient (Wildman–Crippen LogP) is 4.05. The quantitative estimate of drug-likeness (QED) is 0.646. The van der Waals surface area contributed by atoms with Gasteiger partial charge in [-0.15, -0.1) is 0 Å². The van der Waals surface area contributed by atoms with Gasteiger partial charge in [0.1, 0.15) is 0 Å². The summed E-state index contributed by atoms with van der Waals surface area (Å²) in [4.78, 5) is 0. The third-order valence-electron chi connectivity index (χ3n) is 2.86. The highest BCUT2D eigenvalue weighted by atomic mass is 19.3. The fourth-order valence-corrected chi connectivity index (χ4v) is 1.77. The molecule has 0 fully saturated rings. The standard InChI is InChI=1S/C16H16F2N2O2/c1-11-3-6-13(7-4-11)20-19-10-12-5-8-14(21-2)15(9-12)22-16(17)18/h3-10,16,20H,1-2H3/b19-10-. The summed E-state index contributed by atoms with van der Waals surface area (Å²) >= 11 is 0. The minimum absolute atomic E-state index is 0.0308. The maximum absolute atomic E-state index is 12.4. The minimum Gasteiger partial charge on any atom is -0.493 e. The van der Waals surface area contributed by atoms with Gasteiger partial charge in [0, 0.05) is 0 Å². The van der Waals surface area contributed by atoms with Crippen molar-refractivity contribution in [3.05, 3.63) is 53.6 Å². The lowest BCUT2D eigenvalue weighted by Crippen LogP contribution is -2.04. The van der Waals surface area contributed by atoms with Crippen LogP contribution >= 0.6 is 0 Å². The van der Waals surface area contributed by atoms with E-state index in [1.165, 1.54) is 19.4 Å². The molecule has 116 valence electrons. The van der Waals surface area contributed by atoms with Crippen LogP contribution in [0.15, 0.2) is 47.6 Å². The fourth-order valence-electron chi connectivity index (χ4n) is 1.77. The van der Waals surface area contributed by atoms with E-state index >= 15 is 0 Å². The van der Waals surface area contributed by atoms with Crippen LogP contribution in [0.5, 0.6) is 11.5 Å². The summed E-state index contributed by atoms with van der Waals surface area (Å²) in [6.45, 7) is -0.915. The molecule has 0 amide bonds. The van der Waals surface area contributed by atoms with Crippen molar-refractivity contribution in [2.24, 2.45) is 5.10 Å². The molecule has 2 rings (SSSR count). The average Bonchev–Trinajstić information content (AvgIpc) is 2.49. The Kier molecular flexibility index (Phi) is 5.30. The molecule has 22 heavy (non-hydrogen) atoms. The van der Waals surface area contributed by atoms with E-state index in [4.69, 9.17) is 4.74 Å². The zero-order chi connectivity index (χ0) is 15.9. The molecular formula is C16H16F2N2O2. The maximum atomic E-state index is 12.4. The summed E-state index contributed by atoms with van der Waals surface area (Å²) in [6.07, 6.45) is 1.51. The molecule has 0 saturated heterocycles. The Balaban J connectivity index is 2.08. The molecule has 0 aliphatic carbocycles. The maximum Gasteiger partial charge on any atom is 0.387 e. The van der Waals surface area contributed by atoms with Crippen LogP contribution in [0.25, 0.3) is 0 Å². The second kappa shape index (κ2) is 7.40. The molecule has 6 heteroatoms. The highest BCUT2D eigenvalue weighted by Crippen LogP contribution is 2.28. The molecule has 0 unspecified atom stereocenters. The van der Waals surface area contributed by atoms with E-state index in [-0.39, 0.29) is 11.5 Å². The fraction of sp³-hybridized carbons (Fsp3) is 0.188. The van der Waals surface area contributed by atoms with E-state index in [1.54, 1.807) is 12.1 Å². The highest BCUT2D eigenvalue weighted by Gasteiger charge is 2.10. The van der Waals surface area contributed by atoms with Crippen molar-refractivity contribution in [2.75, 3.05) is 12.5 Å². The molecule has 0 atom stereocenters. The summed E-state index contributed by atoms with van der Waals surface area (Å²) in [5.74, 6) is 0.209. The summed E-state index contributed by atoms with van der Waals surface area (Å²) in [5, 5.41) is 4.06. The predicted molar refractivity (Wildman–Crippen MR) is 82.0 cm³/mol. The van der Waals surface area contributed by atoms with Gasteiger partial charge in [-0.25, -0.2) is 0 Å². The summed E-state index contributed by atoms with van der Waals surface area (Å²) in [7, 11) is 1.39. The van der Waals surface area contributed by atoms with Gasteiger partial charge in [0.15, 0.2) is 11.5 Å². The number of aryl methyl sites for hydroxylation is 1. The second-order valence-electron chi connectivity index (χ2n) is 4.52. The number of benzene rings is 2. The molecule has 0 spiro atoms. The van der Waals surface area contributed by atoms with Crippen molar-refractivity contribution < 1.29 is 18.3 Å². The minimum atomic E-state index is -2.91. The first-order valence-electron chi connectivity index (χ1n) is 6.57. The number of rotatable bonds is 6. The van der Waals surface area contributed by atoms with Crippen LogP contribution in [-0.4, -0.2) is 19.9 Å². The second-order valence-corrected chi connectivity index (χ2v) is 4.52. The van der Waals surface area contributed by atoms with Crippen LogP contribution in [0.3, 0.4) is 0 Å². The zero-order valence-corrected chi connectivity index (χ0v) is 12.2. The lowest BCUT2D eigenvalue weighted by Gasteiger charge is -2.10. The van der Waals surface area contributed by atoms with Gasteiger partial charge in [-0.05, 0) is 42.8 Å². The summed E-state index contributed by atoms with van der Waals surface area (Å²) < 4.78 is 34.1. The summed E-state index contributed by atoms with van der Waals surface area (Å²) in [5.41, 5.74) is 5.45. The lowest BCUT2D eigenvalue weighted by molar-refractivity contribution is -0.0512. The Labute approximate surface area is 127 Å². The number of nitrogens with one attached hydrogen (secondary N) is 1. The van der Waals surface area contributed by atoms with Crippen LogP contribution in [-0.2, 0) is 0 Å².